The van der Waals surface area contributed by atoms with E-state index in [2.05, 4.69) is 15.3 Å². The van der Waals surface area contributed by atoms with Gasteiger partial charge in [-0.3, -0.25) is 4.79 Å². The van der Waals surface area contributed by atoms with Crippen LogP contribution in [-0.4, -0.2) is 15.9 Å². The summed E-state index contributed by atoms with van der Waals surface area (Å²) in [5, 5.41) is 5.53. The van der Waals surface area contributed by atoms with Crippen molar-refractivity contribution in [2.24, 2.45) is 0 Å². The number of fused-ring (bicyclic) bond motifs is 1. The van der Waals surface area contributed by atoms with Crippen LogP contribution in [-0.2, 0) is 6.54 Å². The minimum Gasteiger partial charge on any atom is -0.384 e. The van der Waals surface area contributed by atoms with Gasteiger partial charge in [0, 0.05) is 10.8 Å². The molecule has 3 rings (SSSR count). The van der Waals surface area contributed by atoms with Crippen LogP contribution in [0.2, 0.25) is 0 Å². The highest BCUT2D eigenvalue weighted by atomic mass is 32.1. The summed E-state index contributed by atoms with van der Waals surface area (Å²) in [5.41, 5.74) is 9.58. The Morgan fingerprint density at radius 3 is 3.00 bits per heavy atom. The second kappa shape index (κ2) is 5.26. The lowest BCUT2D eigenvalue weighted by molar-refractivity contribution is 0.0952. The van der Waals surface area contributed by atoms with E-state index in [1.807, 2.05) is 29.6 Å². The standard InChI is InChI=1S/C14H12N4OS/c15-13-5-11(10-3-1-2-4-12(10)18-13)14(19)16-6-9-7-20-8-17-9/h1-5,7-8H,6H2,(H2,15,18)(H,16,19). The Kier molecular flexibility index (Phi) is 3.30. The van der Waals surface area contributed by atoms with Crippen LogP contribution in [0.3, 0.4) is 0 Å². The predicted molar refractivity (Wildman–Crippen MR) is 79.4 cm³/mol. The van der Waals surface area contributed by atoms with Crippen molar-refractivity contribution >= 4 is 34.0 Å². The molecule has 3 N–H and O–H groups in total. The fraction of sp³-hybridized carbons (Fsp3) is 0.0714. The van der Waals surface area contributed by atoms with E-state index in [1.165, 1.54) is 11.3 Å². The minimum absolute atomic E-state index is 0.177. The Morgan fingerprint density at radius 1 is 1.35 bits per heavy atom. The maximum absolute atomic E-state index is 12.3. The van der Waals surface area contributed by atoms with Crippen molar-refractivity contribution in [3.05, 3.63) is 52.5 Å². The first-order valence-electron chi connectivity index (χ1n) is 6.04. The van der Waals surface area contributed by atoms with E-state index in [4.69, 9.17) is 5.73 Å². The van der Waals surface area contributed by atoms with Gasteiger partial charge >= 0.3 is 0 Å². The molecule has 0 saturated carbocycles. The van der Waals surface area contributed by atoms with Crippen molar-refractivity contribution in [3.63, 3.8) is 0 Å². The van der Waals surface area contributed by atoms with E-state index in [-0.39, 0.29) is 5.91 Å². The number of amides is 1. The molecule has 0 radical (unpaired) electrons. The van der Waals surface area contributed by atoms with Crippen molar-refractivity contribution in [2.75, 3.05) is 5.73 Å². The van der Waals surface area contributed by atoms with Crippen LogP contribution in [0, 0.1) is 0 Å². The first-order chi connectivity index (χ1) is 9.74. The summed E-state index contributed by atoms with van der Waals surface area (Å²) in [7, 11) is 0. The Balaban J connectivity index is 1.90. The van der Waals surface area contributed by atoms with E-state index >= 15 is 0 Å². The molecule has 0 unspecified atom stereocenters. The largest absolute Gasteiger partial charge is 0.384 e. The number of pyridine rings is 1. The van der Waals surface area contributed by atoms with E-state index in [0.29, 0.717) is 23.4 Å². The first-order valence-corrected chi connectivity index (χ1v) is 6.99. The molecule has 3 aromatic rings. The van der Waals surface area contributed by atoms with Gasteiger partial charge in [-0.15, -0.1) is 11.3 Å². The molecule has 6 heteroatoms. The molecule has 0 atom stereocenters. The molecule has 0 saturated heterocycles. The van der Waals surface area contributed by atoms with Gasteiger partial charge in [0.1, 0.15) is 5.82 Å². The van der Waals surface area contributed by atoms with Gasteiger partial charge in [0.2, 0.25) is 0 Å². The molecule has 0 aliphatic heterocycles. The summed E-state index contributed by atoms with van der Waals surface area (Å²) in [6.45, 7) is 0.402. The molecule has 0 aliphatic rings. The number of benzene rings is 1. The number of carbonyl (C=O) groups excluding carboxylic acids is 1. The van der Waals surface area contributed by atoms with Gasteiger partial charge in [-0.25, -0.2) is 9.97 Å². The zero-order chi connectivity index (χ0) is 13.9. The zero-order valence-corrected chi connectivity index (χ0v) is 11.4. The number of hydrogen-bond acceptors (Lipinski definition) is 5. The van der Waals surface area contributed by atoms with E-state index in [9.17, 15) is 4.79 Å². The van der Waals surface area contributed by atoms with Crippen molar-refractivity contribution in [1.82, 2.24) is 15.3 Å². The zero-order valence-electron chi connectivity index (χ0n) is 10.5. The highest BCUT2D eigenvalue weighted by molar-refractivity contribution is 7.07. The molecule has 20 heavy (non-hydrogen) atoms. The molecule has 0 spiro atoms. The number of nitrogens with two attached hydrogens (primary N) is 1. The highest BCUT2D eigenvalue weighted by Crippen LogP contribution is 2.19. The summed E-state index contributed by atoms with van der Waals surface area (Å²) in [6, 6.07) is 9.03. The topological polar surface area (TPSA) is 80.9 Å². The van der Waals surface area contributed by atoms with Crippen molar-refractivity contribution < 1.29 is 4.79 Å². The molecule has 0 bridgehead atoms. The SMILES string of the molecule is Nc1cc(C(=O)NCc2cscn2)c2ccccc2n1. The number of anilines is 1. The molecule has 100 valence electrons. The van der Waals surface area contributed by atoms with Crippen LogP contribution >= 0.6 is 11.3 Å². The highest BCUT2D eigenvalue weighted by Gasteiger charge is 2.12. The predicted octanol–water partition coefficient (Wildman–Crippen LogP) is 2.20. The lowest BCUT2D eigenvalue weighted by atomic mass is 10.1. The Morgan fingerprint density at radius 2 is 2.20 bits per heavy atom. The van der Waals surface area contributed by atoms with Crippen LogP contribution in [0.1, 0.15) is 16.1 Å². The summed E-state index contributed by atoms with van der Waals surface area (Å²) >= 11 is 1.50. The summed E-state index contributed by atoms with van der Waals surface area (Å²) < 4.78 is 0. The van der Waals surface area contributed by atoms with Crippen molar-refractivity contribution in [1.29, 1.82) is 0 Å². The van der Waals surface area contributed by atoms with Crippen LogP contribution in [0.25, 0.3) is 10.9 Å². The Bertz CT molecular complexity index is 755. The molecule has 5 nitrogen and oxygen atoms in total. The third-order valence-electron chi connectivity index (χ3n) is 2.89. The molecular formula is C14H12N4OS. The number of thiazole rings is 1. The fourth-order valence-corrected chi connectivity index (χ4v) is 2.53. The molecule has 1 aromatic carbocycles. The second-order valence-electron chi connectivity index (χ2n) is 4.27. The summed E-state index contributed by atoms with van der Waals surface area (Å²) in [6.07, 6.45) is 0. The maximum Gasteiger partial charge on any atom is 0.252 e. The van der Waals surface area contributed by atoms with Gasteiger partial charge in [-0.05, 0) is 12.1 Å². The maximum atomic E-state index is 12.3. The average Bonchev–Trinajstić information content (AvgIpc) is 2.97. The smallest absolute Gasteiger partial charge is 0.252 e. The molecule has 0 fully saturated rings. The average molecular weight is 284 g/mol. The van der Waals surface area contributed by atoms with E-state index in [1.54, 1.807) is 11.6 Å². The molecule has 0 aliphatic carbocycles. The number of aromatic nitrogens is 2. The van der Waals surface area contributed by atoms with Crippen LogP contribution in [0.15, 0.2) is 41.2 Å². The quantitative estimate of drug-likeness (QED) is 0.772. The molecule has 1 amide bonds. The van der Waals surface area contributed by atoms with Gasteiger partial charge in [-0.1, -0.05) is 18.2 Å². The normalized spacial score (nSPS) is 10.6. The van der Waals surface area contributed by atoms with Gasteiger partial charge in [-0.2, -0.15) is 0 Å². The van der Waals surface area contributed by atoms with Crippen LogP contribution in [0.4, 0.5) is 5.82 Å². The number of para-hydroxylation sites is 1. The summed E-state index contributed by atoms with van der Waals surface area (Å²) in [5.74, 6) is 0.158. The molecular weight excluding hydrogens is 272 g/mol. The number of nitrogen functional groups attached to an aromatic ring is 1. The van der Waals surface area contributed by atoms with E-state index in [0.717, 1.165) is 11.1 Å². The van der Waals surface area contributed by atoms with Crippen molar-refractivity contribution in [2.45, 2.75) is 6.54 Å². The third-order valence-corrected chi connectivity index (χ3v) is 3.53. The molecule has 2 aromatic heterocycles. The summed E-state index contributed by atoms with van der Waals surface area (Å²) in [4.78, 5) is 20.6. The van der Waals surface area contributed by atoms with Gasteiger partial charge in [0.05, 0.1) is 28.8 Å². The lowest BCUT2D eigenvalue weighted by Gasteiger charge is -2.08. The second-order valence-corrected chi connectivity index (χ2v) is 4.99. The van der Waals surface area contributed by atoms with Gasteiger partial charge in [0.15, 0.2) is 0 Å². The molecule has 2 heterocycles. The first kappa shape index (κ1) is 12.6. The van der Waals surface area contributed by atoms with E-state index < -0.39 is 0 Å². The van der Waals surface area contributed by atoms with Crippen molar-refractivity contribution in [3.8, 4) is 0 Å². The van der Waals surface area contributed by atoms with Crippen LogP contribution in [0.5, 0.6) is 0 Å². The minimum atomic E-state index is -0.177. The number of carbonyl (C=O) groups is 1. The van der Waals surface area contributed by atoms with Gasteiger partial charge in [0.25, 0.3) is 5.91 Å². The van der Waals surface area contributed by atoms with Crippen LogP contribution < -0.4 is 11.1 Å². The Labute approximate surface area is 119 Å². The Hall–Kier alpha value is -2.47. The lowest BCUT2D eigenvalue weighted by Crippen LogP contribution is -2.23. The van der Waals surface area contributed by atoms with Gasteiger partial charge < -0.3 is 11.1 Å². The monoisotopic (exact) mass is 284 g/mol. The fourth-order valence-electron chi connectivity index (χ4n) is 1.97. The number of rotatable bonds is 3. The number of hydrogen-bond donors (Lipinski definition) is 2. The number of nitrogens with one attached hydrogen (secondary N) is 1. The third kappa shape index (κ3) is 2.46. The number of nitrogens with zero attached hydrogens (tertiary/aromatic N) is 2.